The van der Waals surface area contributed by atoms with Crippen molar-refractivity contribution in [3.63, 3.8) is 0 Å². The van der Waals surface area contributed by atoms with Gasteiger partial charge in [0.1, 0.15) is 0 Å². The fourth-order valence-corrected chi connectivity index (χ4v) is 13.3. The van der Waals surface area contributed by atoms with E-state index in [2.05, 4.69) is 82.6 Å². The first kappa shape index (κ1) is 34.6. The molecule has 0 aromatic carbocycles. The van der Waals surface area contributed by atoms with Crippen LogP contribution in [0.15, 0.2) is 16.8 Å². The van der Waals surface area contributed by atoms with E-state index in [1.807, 2.05) is 5.12 Å². The lowest BCUT2D eigenvalue weighted by Crippen LogP contribution is -2.71. The highest BCUT2D eigenvalue weighted by atomic mass is 16.5. The topological polar surface area (TPSA) is 125 Å². The molecule has 270 valence electrons. The molecule has 0 spiro atoms. The summed E-state index contributed by atoms with van der Waals surface area (Å²) in [6, 6.07) is 0.576. The number of carboxylic acids is 1. The van der Waals surface area contributed by atoms with Crippen molar-refractivity contribution in [2.45, 2.75) is 112 Å². The molecule has 10 heteroatoms. The molecule has 2 unspecified atom stereocenters. The average molecular weight is 669 g/mol. The van der Waals surface area contributed by atoms with Gasteiger partial charge in [0.25, 0.3) is 0 Å². The third-order valence-electron chi connectivity index (χ3n) is 16.5. The summed E-state index contributed by atoms with van der Waals surface area (Å²) >= 11 is 0. The maximum absolute atomic E-state index is 13.4. The van der Waals surface area contributed by atoms with Crippen molar-refractivity contribution in [3.8, 4) is 0 Å². The molecule has 5 N–H and O–H groups in total. The number of nitrogens with one attached hydrogen (secondary N) is 2. The average Bonchev–Trinajstić information content (AvgIpc) is 3.65. The van der Waals surface area contributed by atoms with Crippen LogP contribution >= 0.6 is 0 Å². The molecule has 3 aliphatic heterocycles. The molecule has 3 saturated carbocycles. The Kier molecular flexibility index (Phi) is 8.53. The van der Waals surface area contributed by atoms with E-state index in [1.165, 1.54) is 12.8 Å². The first-order chi connectivity index (χ1) is 22.6. The zero-order chi connectivity index (χ0) is 34.4. The molecule has 10 nitrogen and oxygen atoms in total. The summed E-state index contributed by atoms with van der Waals surface area (Å²) in [6.45, 7) is 20.4. The Balaban J connectivity index is 1.25. The van der Waals surface area contributed by atoms with Gasteiger partial charge >= 0.3 is 5.97 Å². The number of aliphatic carboxylic acids is 1. The summed E-state index contributed by atoms with van der Waals surface area (Å²) in [5.74, 6) is 1.18. The number of hydrogen-bond donors (Lipinski definition) is 4. The van der Waals surface area contributed by atoms with Gasteiger partial charge in [-0.15, -0.1) is 10.2 Å². The molecule has 7 rings (SSSR count). The molecule has 0 aromatic rings. The lowest BCUT2D eigenvalue weighted by Gasteiger charge is -2.71. The fraction of sp³-hybridized carbons (Fsp3) is 0.895. The van der Waals surface area contributed by atoms with Crippen molar-refractivity contribution < 1.29 is 19.4 Å². The molecule has 3 heterocycles. The Bertz CT molecular complexity index is 1340. The molecular formula is C38H64N6O4. The number of guanidine groups is 1. The number of likely N-dealkylation sites (tertiary alicyclic amines) is 1. The summed E-state index contributed by atoms with van der Waals surface area (Å²) in [5.41, 5.74) is 13.4. The highest BCUT2D eigenvalue weighted by Gasteiger charge is 2.72. The number of nitrogens with zero attached hydrogens (tertiary/aromatic N) is 3. The SMILES string of the molecule is CC(C)[C@@H](C)[C@@]1(C)CC[C@]2(C)[C@H]3CC[C@@H]4C5(COC[C@]4(C)[C@@H](COCC4CCCN4C)[C@H](N4NN=C(N)N4)C5)C3=CC[C@@]2(C)[C@@H]1C(=O)O. The Morgan fingerprint density at radius 1 is 1.12 bits per heavy atom. The number of nitrogens with two attached hydrogens (primary N) is 1. The van der Waals surface area contributed by atoms with Crippen LogP contribution in [0, 0.1) is 62.6 Å². The molecule has 5 fully saturated rings. The number of hydrazone groups is 1. The van der Waals surface area contributed by atoms with E-state index in [0.29, 0.717) is 48.9 Å². The Morgan fingerprint density at radius 2 is 1.90 bits per heavy atom. The molecule has 0 amide bonds. The van der Waals surface area contributed by atoms with Crippen LogP contribution in [-0.2, 0) is 14.3 Å². The third kappa shape index (κ3) is 4.77. The van der Waals surface area contributed by atoms with Crippen LogP contribution in [0.3, 0.4) is 0 Å². The minimum Gasteiger partial charge on any atom is -0.481 e. The van der Waals surface area contributed by atoms with E-state index < -0.39 is 5.97 Å². The van der Waals surface area contributed by atoms with E-state index >= 15 is 0 Å². The Morgan fingerprint density at radius 3 is 2.54 bits per heavy atom. The Hall–Kier alpha value is -1.88. The monoisotopic (exact) mass is 668 g/mol. The zero-order valence-electron chi connectivity index (χ0n) is 31.0. The number of allylic oxidation sites excluding steroid dienone is 1. The molecule has 7 aliphatic rings. The van der Waals surface area contributed by atoms with Gasteiger partial charge in [0.15, 0.2) is 0 Å². The lowest BCUT2D eigenvalue weighted by molar-refractivity contribution is -0.241. The smallest absolute Gasteiger partial charge is 0.307 e. The number of hydrogen-bond acceptors (Lipinski definition) is 9. The van der Waals surface area contributed by atoms with Crippen molar-refractivity contribution >= 4 is 11.9 Å². The van der Waals surface area contributed by atoms with Crippen LogP contribution in [0.4, 0.5) is 0 Å². The van der Waals surface area contributed by atoms with Crippen LogP contribution < -0.4 is 16.7 Å². The Labute approximate surface area is 288 Å². The number of ether oxygens (including phenoxy) is 2. The standard InChI is InChI=1S/C38H64N6O4/c1-23(2)24(3)34(4)15-16-36(6)26-11-12-30-35(5)21-48-22-38(30,27(26)13-14-37(36,7)31(34)32(45)46)18-29(44-41-33(39)40-42-44)28(35)20-47-19-25-10-9-17-43(25)8/h13,23-26,28-31,42H,9-12,14-22H2,1-8H3,(H,45,46)(H3,39,40,41)/t24-,25?,26+,28+,29-,30+,31-,34-,35-,36-,37+,38?/m1/s1. The summed E-state index contributed by atoms with van der Waals surface area (Å²) in [7, 11) is 2.21. The molecular weight excluding hydrogens is 604 g/mol. The van der Waals surface area contributed by atoms with Crippen LogP contribution in [0.5, 0.6) is 0 Å². The number of carbonyl (C=O) groups is 1. The molecule has 4 aliphatic carbocycles. The van der Waals surface area contributed by atoms with Gasteiger partial charge in [-0.25, -0.2) is 5.53 Å². The molecule has 0 aromatic heterocycles. The van der Waals surface area contributed by atoms with Crippen LogP contribution in [0.2, 0.25) is 0 Å². The molecule has 2 bridgehead atoms. The minimum atomic E-state index is -0.608. The fourth-order valence-electron chi connectivity index (χ4n) is 13.3. The predicted octanol–water partition coefficient (Wildman–Crippen LogP) is 5.23. The van der Waals surface area contributed by atoms with Gasteiger partial charge in [-0.2, -0.15) is 0 Å². The lowest BCUT2D eigenvalue weighted by atomic mass is 9.34. The third-order valence-corrected chi connectivity index (χ3v) is 16.5. The van der Waals surface area contributed by atoms with Gasteiger partial charge in [-0.05, 0) is 105 Å². The number of likely N-dealkylation sites (N-methyl/N-ethyl adjacent to an activating group) is 1. The highest BCUT2D eigenvalue weighted by molar-refractivity contribution is 5.78. The number of rotatable bonds is 8. The van der Waals surface area contributed by atoms with Gasteiger partial charge in [-0.1, -0.05) is 60.1 Å². The molecule has 0 radical (unpaired) electrons. The summed E-state index contributed by atoms with van der Waals surface area (Å²) in [4.78, 5) is 15.9. The van der Waals surface area contributed by atoms with Gasteiger partial charge in [0, 0.05) is 22.8 Å². The highest BCUT2D eigenvalue weighted by Crippen LogP contribution is 2.75. The quantitative estimate of drug-likeness (QED) is 0.258. The second kappa shape index (κ2) is 11.8. The number of fused-ring (bicyclic) bond motifs is 3. The van der Waals surface area contributed by atoms with Crippen molar-refractivity contribution in [2.24, 2.45) is 73.4 Å². The minimum absolute atomic E-state index is 0.0929. The van der Waals surface area contributed by atoms with E-state index in [9.17, 15) is 9.90 Å². The summed E-state index contributed by atoms with van der Waals surface area (Å²) in [6.07, 6.45) is 11.0. The first-order valence-corrected chi connectivity index (χ1v) is 19.1. The van der Waals surface area contributed by atoms with E-state index in [1.54, 1.807) is 5.57 Å². The number of hydrazine groups is 2. The van der Waals surface area contributed by atoms with Crippen LogP contribution in [-0.4, -0.2) is 79.2 Å². The summed E-state index contributed by atoms with van der Waals surface area (Å²) in [5, 5.41) is 17.4. The zero-order valence-corrected chi connectivity index (χ0v) is 31.0. The number of carboxylic acid groups (broad SMARTS) is 1. The first-order valence-electron chi connectivity index (χ1n) is 19.1. The normalized spacial score (nSPS) is 48.0. The molecule has 12 atom stereocenters. The van der Waals surface area contributed by atoms with Gasteiger partial charge in [-0.3, -0.25) is 10.2 Å². The maximum Gasteiger partial charge on any atom is 0.307 e. The van der Waals surface area contributed by atoms with Crippen molar-refractivity contribution in [1.29, 1.82) is 0 Å². The molecule has 2 saturated heterocycles. The van der Waals surface area contributed by atoms with Gasteiger partial charge in [0.2, 0.25) is 5.96 Å². The van der Waals surface area contributed by atoms with E-state index in [0.717, 1.165) is 58.3 Å². The second-order valence-corrected chi connectivity index (χ2v) is 18.6. The van der Waals surface area contributed by atoms with Crippen molar-refractivity contribution in [3.05, 3.63) is 11.6 Å². The largest absolute Gasteiger partial charge is 0.481 e. The van der Waals surface area contributed by atoms with Crippen LogP contribution in [0.1, 0.15) is 99.8 Å². The molecule has 48 heavy (non-hydrogen) atoms. The maximum atomic E-state index is 13.4. The van der Waals surface area contributed by atoms with E-state index in [4.69, 9.17) is 15.2 Å². The van der Waals surface area contributed by atoms with Gasteiger partial charge < -0.3 is 25.2 Å². The van der Waals surface area contributed by atoms with Crippen LogP contribution in [0.25, 0.3) is 0 Å². The summed E-state index contributed by atoms with van der Waals surface area (Å²) < 4.78 is 13.4. The van der Waals surface area contributed by atoms with Gasteiger partial charge in [0.05, 0.1) is 38.4 Å². The van der Waals surface area contributed by atoms with Crippen molar-refractivity contribution in [1.82, 2.24) is 21.0 Å². The van der Waals surface area contributed by atoms with E-state index in [-0.39, 0.29) is 45.0 Å². The predicted molar refractivity (Wildman–Crippen MR) is 187 cm³/mol. The second-order valence-electron chi connectivity index (χ2n) is 18.6. The van der Waals surface area contributed by atoms with Crippen molar-refractivity contribution in [2.75, 3.05) is 40.0 Å².